The van der Waals surface area contributed by atoms with Crippen LogP contribution in [0.4, 0.5) is 0 Å². The summed E-state index contributed by atoms with van der Waals surface area (Å²) in [6.45, 7) is 1.96. The number of hydrogen-bond donors (Lipinski definition) is 0. The van der Waals surface area contributed by atoms with Crippen LogP contribution in [0.3, 0.4) is 0 Å². The molecule has 0 radical (unpaired) electrons. The van der Waals surface area contributed by atoms with Gasteiger partial charge in [0.15, 0.2) is 11.5 Å². The van der Waals surface area contributed by atoms with Crippen LogP contribution >= 0.6 is 0 Å². The predicted molar refractivity (Wildman–Crippen MR) is 85.5 cm³/mol. The maximum atomic E-state index is 5.66. The van der Waals surface area contributed by atoms with Crippen LogP contribution in [0.5, 0.6) is 5.75 Å². The molecule has 0 aliphatic rings. The van der Waals surface area contributed by atoms with Crippen LogP contribution in [0.1, 0.15) is 5.69 Å². The van der Waals surface area contributed by atoms with Crippen LogP contribution in [0.2, 0.25) is 0 Å². The van der Waals surface area contributed by atoms with Gasteiger partial charge < -0.3 is 4.74 Å². The second kappa shape index (κ2) is 4.80. The van der Waals surface area contributed by atoms with E-state index in [0.717, 1.165) is 39.2 Å². The summed E-state index contributed by atoms with van der Waals surface area (Å²) in [5.41, 5.74) is 2.51. The zero-order valence-electron chi connectivity index (χ0n) is 12.3. The predicted octanol–water partition coefficient (Wildman–Crippen LogP) is 3.29. The van der Waals surface area contributed by atoms with Crippen molar-refractivity contribution in [2.24, 2.45) is 0 Å². The standard InChI is InChI=1S/C17H14N4O/c1-11-15-16(22-2)12-7-3-4-8-13(12)19-17(15)21(20-11)14-9-5-6-10-18-14/h3-10H,1-2H3. The number of hydrogen-bond acceptors (Lipinski definition) is 4. The monoisotopic (exact) mass is 290 g/mol. The Bertz CT molecular complexity index is 976. The lowest BCUT2D eigenvalue weighted by Gasteiger charge is -2.08. The number of nitrogens with zero attached hydrogens (tertiary/aromatic N) is 4. The third-order valence-electron chi connectivity index (χ3n) is 3.71. The minimum absolute atomic E-state index is 0.741. The van der Waals surface area contributed by atoms with Gasteiger partial charge in [-0.25, -0.2) is 9.97 Å². The van der Waals surface area contributed by atoms with Gasteiger partial charge in [0.1, 0.15) is 5.75 Å². The summed E-state index contributed by atoms with van der Waals surface area (Å²) >= 11 is 0. The number of aryl methyl sites for hydroxylation is 1. The van der Waals surface area contributed by atoms with Crippen LogP contribution in [0, 0.1) is 6.92 Å². The second-order valence-electron chi connectivity index (χ2n) is 5.05. The molecule has 4 rings (SSSR count). The van der Waals surface area contributed by atoms with Crippen molar-refractivity contribution in [1.82, 2.24) is 19.7 Å². The molecule has 0 unspecified atom stereocenters. The molecule has 1 aromatic carbocycles. The minimum atomic E-state index is 0.741. The highest BCUT2D eigenvalue weighted by molar-refractivity contribution is 6.01. The Labute approximate surface area is 127 Å². The van der Waals surface area contributed by atoms with E-state index in [2.05, 4.69) is 10.1 Å². The lowest BCUT2D eigenvalue weighted by Crippen LogP contribution is -2.00. The lowest BCUT2D eigenvalue weighted by molar-refractivity contribution is 0.424. The van der Waals surface area contributed by atoms with Gasteiger partial charge in [-0.15, -0.1) is 0 Å². The number of fused-ring (bicyclic) bond motifs is 2. The average Bonchev–Trinajstić information content (AvgIpc) is 2.90. The normalized spacial score (nSPS) is 11.2. The van der Waals surface area contributed by atoms with Gasteiger partial charge in [0.2, 0.25) is 0 Å². The highest BCUT2D eigenvalue weighted by Crippen LogP contribution is 2.35. The smallest absolute Gasteiger partial charge is 0.169 e. The Morgan fingerprint density at radius 3 is 2.64 bits per heavy atom. The summed E-state index contributed by atoms with van der Waals surface area (Å²) in [5, 5.41) is 6.51. The molecule has 5 heteroatoms. The Kier molecular flexibility index (Phi) is 2.79. The fourth-order valence-electron chi connectivity index (χ4n) is 2.75. The summed E-state index contributed by atoms with van der Waals surface area (Å²) in [6.07, 6.45) is 1.75. The number of rotatable bonds is 2. The number of pyridine rings is 2. The highest BCUT2D eigenvalue weighted by atomic mass is 16.5. The summed E-state index contributed by atoms with van der Waals surface area (Å²) in [7, 11) is 1.68. The average molecular weight is 290 g/mol. The van der Waals surface area contributed by atoms with E-state index in [-0.39, 0.29) is 0 Å². The Hall–Kier alpha value is -2.95. The summed E-state index contributed by atoms with van der Waals surface area (Å²) in [4.78, 5) is 9.13. The van der Waals surface area contributed by atoms with Crippen molar-refractivity contribution in [3.05, 3.63) is 54.4 Å². The van der Waals surface area contributed by atoms with Crippen LogP contribution in [0.25, 0.3) is 27.8 Å². The molecule has 3 aromatic heterocycles. The minimum Gasteiger partial charge on any atom is -0.495 e. The van der Waals surface area contributed by atoms with Gasteiger partial charge in [-0.05, 0) is 31.2 Å². The van der Waals surface area contributed by atoms with E-state index in [4.69, 9.17) is 9.72 Å². The first-order valence-electron chi connectivity index (χ1n) is 7.03. The van der Waals surface area contributed by atoms with Crippen molar-refractivity contribution in [1.29, 1.82) is 0 Å². The molecule has 0 N–H and O–H groups in total. The first-order valence-corrected chi connectivity index (χ1v) is 7.03. The molecule has 0 spiro atoms. The number of methoxy groups -OCH3 is 1. The number of benzene rings is 1. The molecule has 4 aromatic rings. The maximum Gasteiger partial charge on any atom is 0.169 e. The molecular formula is C17H14N4O. The fourth-order valence-corrected chi connectivity index (χ4v) is 2.75. The van der Waals surface area contributed by atoms with Crippen LogP contribution in [-0.4, -0.2) is 26.9 Å². The SMILES string of the molecule is COc1c2ccccc2nc2c1c(C)nn2-c1ccccn1. The first-order chi connectivity index (χ1) is 10.8. The van der Waals surface area contributed by atoms with E-state index in [9.17, 15) is 0 Å². The molecule has 5 nitrogen and oxygen atoms in total. The van der Waals surface area contributed by atoms with Gasteiger partial charge in [0.25, 0.3) is 0 Å². The zero-order chi connectivity index (χ0) is 15.1. The van der Waals surface area contributed by atoms with Crippen LogP contribution < -0.4 is 4.74 Å². The van der Waals surface area contributed by atoms with E-state index in [1.165, 1.54) is 0 Å². The van der Waals surface area contributed by atoms with Crippen molar-refractivity contribution < 1.29 is 4.74 Å². The maximum absolute atomic E-state index is 5.66. The Morgan fingerprint density at radius 1 is 1.05 bits per heavy atom. The largest absolute Gasteiger partial charge is 0.495 e. The van der Waals surface area contributed by atoms with Crippen molar-refractivity contribution in [3.8, 4) is 11.6 Å². The van der Waals surface area contributed by atoms with E-state index in [0.29, 0.717) is 0 Å². The molecule has 0 amide bonds. The summed E-state index contributed by atoms with van der Waals surface area (Å²) in [5.74, 6) is 1.55. The Morgan fingerprint density at radius 2 is 1.86 bits per heavy atom. The van der Waals surface area contributed by atoms with E-state index in [1.807, 2.05) is 49.4 Å². The second-order valence-corrected chi connectivity index (χ2v) is 5.05. The summed E-state index contributed by atoms with van der Waals surface area (Å²) < 4.78 is 7.42. The molecule has 0 aliphatic carbocycles. The quantitative estimate of drug-likeness (QED) is 0.568. The van der Waals surface area contributed by atoms with Gasteiger partial charge in [-0.2, -0.15) is 9.78 Å². The number of ether oxygens (including phenoxy) is 1. The van der Waals surface area contributed by atoms with E-state index < -0.39 is 0 Å². The van der Waals surface area contributed by atoms with Crippen molar-refractivity contribution in [3.63, 3.8) is 0 Å². The van der Waals surface area contributed by atoms with Crippen molar-refractivity contribution >= 4 is 21.9 Å². The van der Waals surface area contributed by atoms with E-state index in [1.54, 1.807) is 18.0 Å². The molecule has 0 saturated carbocycles. The van der Waals surface area contributed by atoms with Crippen molar-refractivity contribution in [2.75, 3.05) is 7.11 Å². The molecular weight excluding hydrogens is 276 g/mol. The van der Waals surface area contributed by atoms with Gasteiger partial charge in [0.05, 0.1) is 23.7 Å². The third-order valence-corrected chi connectivity index (χ3v) is 3.71. The molecule has 22 heavy (non-hydrogen) atoms. The zero-order valence-corrected chi connectivity index (χ0v) is 12.3. The first kappa shape index (κ1) is 12.8. The summed E-state index contributed by atoms with van der Waals surface area (Å²) in [6, 6.07) is 13.7. The van der Waals surface area contributed by atoms with Crippen LogP contribution in [-0.2, 0) is 0 Å². The molecule has 0 saturated heterocycles. The van der Waals surface area contributed by atoms with Gasteiger partial charge >= 0.3 is 0 Å². The van der Waals surface area contributed by atoms with E-state index >= 15 is 0 Å². The molecule has 0 bridgehead atoms. The fraction of sp³-hybridized carbons (Fsp3) is 0.118. The molecule has 0 fully saturated rings. The van der Waals surface area contributed by atoms with Gasteiger partial charge in [-0.1, -0.05) is 18.2 Å². The molecule has 0 aliphatic heterocycles. The Balaban J connectivity index is 2.16. The van der Waals surface area contributed by atoms with Gasteiger partial charge in [0, 0.05) is 11.6 Å². The van der Waals surface area contributed by atoms with Crippen LogP contribution in [0.15, 0.2) is 48.7 Å². The lowest BCUT2D eigenvalue weighted by atomic mass is 10.1. The molecule has 3 heterocycles. The number of para-hydroxylation sites is 1. The third kappa shape index (κ3) is 1.75. The topological polar surface area (TPSA) is 52.8 Å². The highest BCUT2D eigenvalue weighted by Gasteiger charge is 2.18. The molecule has 108 valence electrons. The number of aromatic nitrogens is 4. The van der Waals surface area contributed by atoms with Crippen molar-refractivity contribution in [2.45, 2.75) is 6.92 Å². The van der Waals surface area contributed by atoms with Gasteiger partial charge in [-0.3, -0.25) is 0 Å². The molecule has 0 atom stereocenters.